The van der Waals surface area contributed by atoms with Crippen molar-refractivity contribution in [2.45, 2.75) is 50.1 Å². The maximum Gasteiger partial charge on any atom is 0.240 e. The zero-order valence-corrected chi connectivity index (χ0v) is 12.3. The van der Waals surface area contributed by atoms with Crippen LogP contribution in [0, 0.1) is 5.92 Å². The number of hydrogen-bond donors (Lipinski definition) is 2. The van der Waals surface area contributed by atoms with Crippen molar-refractivity contribution < 1.29 is 8.42 Å². The second-order valence-electron chi connectivity index (χ2n) is 5.79. The number of sulfonamides is 1. The van der Waals surface area contributed by atoms with Crippen LogP contribution in [0.1, 0.15) is 32.3 Å². The summed E-state index contributed by atoms with van der Waals surface area (Å²) < 4.78 is 26.9. The van der Waals surface area contributed by atoms with E-state index in [-0.39, 0.29) is 12.1 Å². The largest absolute Gasteiger partial charge is 0.328 e. The smallest absolute Gasteiger partial charge is 0.240 e. The number of hydrogen-bond acceptors (Lipinski definition) is 3. The molecule has 19 heavy (non-hydrogen) atoms. The molecule has 1 aliphatic rings. The first kappa shape index (κ1) is 14.5. The van der Waals surface area contributed by atoms with Gasteiger partial charge in [0.25, 0.3) is 0 Å². The SMILES string of the molecule is CC(C)Cc1ccc(S(=O)(=O)NC2CC(N)C2)cc1. The van der Waals surface area contributed by atoms with Gasteiger partial charge in [0.05, 0.1) is 4.90 Å². The van der Waals surface area contributed by atoms with E-state index in [1.807, 2.05) is 12.1 Å². The standard InChI is InChI=1S/C14H22N2O2S/c1-10(2)7-11-3-5-14(6-4-11)19(17,18)16-13-8-12(15)9-13/h3-6,10,12-13,16H,7-9,15H2,1-2H3. The average molecular weight is 282 g/mol. The monoisotopic (exact) mass is 282 g/mol. The van der Waals surface area contributed by atoms with E-state index in [1.165, 1.54) is 5.56 Å². The lowest BCUT2D eigenvalue weighted by Crippen LogP contribution is -2.50. The van der Waals surface area contributed by atoms with Crippen LogP contribution in [0.5, 0.6) is 0 Å². The second kappa shape index (κ2) is 5.61. The third-order valence-electron chi connectivity index (χ3n) is 3.37. The molecule has 0 atom stereocenters. The predicted octanol–water partition coefficient (Wildman–Crippen LogP) is 1.65. The molecule has 3 N–H and O–H groups in total. The van der Waals surface area contributed by atoms with Gasteiger partial charge < -0.3 is 5.73 Å². The fourth-order valence-electron chi connectivity index (χ4n) is 2.32. The summed E-state index contributed by atoms with van der Waals surface area (Å²) >= 11 is 0. The first-order valence-electron chi connectivity index (χ1n) is 6.73. The van der Waals surface area contributed by atoms with Gasteiger partial charge in [0.2, 0.25) is 10.0 Å². The van der Waals surface area contributed by atoms with Crippen LogP contribution in [0.3, 0.4) is 0 Å². The molecule has 106 valence electrons. The summed E-state index contributed by atoms with van der Waals surface area (Å²) in [4.78, 5) is 0.334. The molecule has 0 heterocycles. The predicted molar refractivity (Wildman–Crippen MR) is 76.3 cm³/mol. The highest BCUT2D eigenvalue weighted by atomic mass is 32.2. The van der Waals surface area contributed by atoms with E-state index in [0.717, 1.165) is 19.3 Å². The van der Waals surface area contributed by atoms with Crippen LogP contribution in [-0.4, -0.2) is 20.5 Å². The van der Waals surface area contributed by atoms with Crippen molar-refractivity contribution in [2.75, 3.05) is 0 Å². The Morgan fingerprint density at radius 1 is 1.26 bits per heavy atom. The Labute approximate surface area is 115 Å². The van der Waals surface area contributed by atoms with Crippen LogP contribution in [0.25, 0.3) is 0 Å². The van der Waals surface area contributed by atoms with Crippen molar-refractivity contribution in [3.05, 3.63) is 29.8 Å². The van der Waals surface area contributed by atoms with Gasteiger partial charge >= 0.3 is 0 Å². The van der Waals surface area contributed by atoms with Gasteiger partial charge in [-0.15, -0.1) is 0 Å². The zero-order chi connectivity index (χ0) is 14.0. The molecule has 0 radical (unpaired) electrons. The average Bonchev–Trinajstić information content (AvgIpc) is 2.26. The molecule has 0 aromatic heterocycles. The Kier molecular flexibility index (Phi) is 4.28. The highest BCUT2D eigenvalue weighted by molar-refractivity contribution is 7.89. The second-order valence-corrected chi connectivity index (χ2v) is 7.51. The molecule has 0 saturated heterocycles. The third-order valence-corrected chi connectivity index (χ3v) is 4.91. The van der Waals surface area contributed by atoms with Crippen LogP contribution in [-0.2, 0) is 16.4 Å². The van der Waals surface area contributed by atoms with Gasteiger partial charge in [-0.2, -0.15) is 0 Å². The Morgan fingerprint density at radius 3 is 2.32 bits per heavy atom. The lowest BCUT2D eigenvalue weighted by atomic mass is 9.89. The van der Waals surface area contributed by atoms with Gasteiger partial charge in [-0.05, 0) is 42.9 Å². The number of nitrogens with one attached hydrogen (secondary N) is 1. The van der Waals surface area contributed by atoms with Gasteiger partial charge in [0, 0.05) is 12.1 Å². The highest BCUT2D eigenvalue weighted by Gasteiger charge is 2.30. The molecule has 0 bridgehead atoms. The molecule has 0 aliphatic heterocycles. The quantitative estimate of drug-likeness (QED) is 0.862. The summed E-state index contributed by atoms with van der Waals surface area (Å²) in [5.74, 6) is 0.567. The molecule has 0 unspecified atom stereocenters. The molecule has 1 aromatic carbocycles. The molecule has 4 nitrogen and oxygen atoms in total. The van der Waals surface area contributed by atoms with Crippen molar-refractivity contribution >= 4 is 10.0 Å². The molecule has 0 amide bonds. The molecule has 2 rings (SSSR count). The topological polar surface area (TPSA) is 72.2 Å². The van der Waals surface area contributed by atoms with Crippen LogP contribution < -0.4 is 10.5 Å². The van der Waals surface area contributed by atoms with Crippen LogP contribution in [0.15, 0.2) is 29.2 Å². The lowest BCUT2D eigenvalue weighted by molar-refractivity contribution is 0.327. The Morgan fingerprint density at radius 2 is 1.84 bits per heavy atom. The maximum atomic E-state index is 12.1. The van der Waals surface area contributed by atoms with Crippen molar-refractivity contribution in [2.24, 2.45) is 11.7 Å². The van der Waals surface area contributed by atoms with Gasteiger partial charge in [0.15, 0.2) is 0 Å². The lowest BCUT2D eigenvalue weighted by Gasteiger charge is -2.32. The molecule has 1 aromatic rings. The van der Waals surface area contributed by atoms with Crippen molar-refractivity contribution in [3.8, 4) is 0 Å². The van der Waals surface area contributed by atoms with E-state index < -0.39 is 10.0 Å². The summed E-state index contributed by atoms with van der Waals surface area (Å²) in [7, 11) is -3.39. The summed E-state index contributed by atoms with van der Waals surface area (Å²) in [6.07, 6.45) is 2.42. The van der Waals surface area contributed by atoms with Crippen molar-refractivity contribution in [1.29, 1.82) is 0 Å². The van der Waals surface area contributed by atoms with E-state index in [1.54, 1.807) is 12.1 Å². The third kappa shape index (κ3) is 3.78. The Bertz CT molecular complexity index is 517. The van der Waals surface area contributed by atoms with E-state index in [2.05, 4.69) is 18.6 Å². The molecule has 0 spiro atoms. The molecule has 1 fully saturated rings. The first-order valence-corrected chi connectivity index (χ1v) is 8.22. The van der Waals surface area contributed by atoms with Crippen LogP contribution in [0.4, 0.5) is 0 Å². The minimum absolute atomic E-state index is 0.00431. The van der Waals surface area contributed by atoms with Gasteiger partial charge in [0.1, 0.15) is 0 Å². The van der Waals surface area contributed by atoms with E-state index in [4.69, 9.17) is 5.73 Å². The summed E-state index contributed by atoms with van der Waals surface area (Å²) in [6, 6.07) is 7.27. The molecular formula is C14H22N2O2S. The van der Waals surface area contributed by atoms with Crippen LogP contribution >= 0.6 is 0 Å². The number of rotatable bonds is 5. The summed E-state index contributed by atoms with van der Waals surface area (Å²) in [6.45, 7) is 4.29. The van der Waals surface area contributed by atoms with Gasteiger partial charge in [-0.25, -0.2) is 13.1 Å². The Hall–Kier alpha value is -0.910. The van der Waals surface area contributed by atoms with Gasteiger partial charge in [-0.3, -0.25) is 0 Å². The fourth-order valence-corrected chi connectivity index (χ4v) is 3.58. The van der Waals surface area contributed by atoms with Crippen molar-refractivity contribution in [3.63, 3.8) is 0 Å². The fraction of sp³-hybridized carbons (Fsp3) is 0.571. The Balaban J connectivity index is 2.04. The zero-order valence-electron chi connectivity index (χ0n) is 11.5. The minimum Gasteiger partial charge on any atom is -0.328 e. The van der Waals surface area contributed by atoms with Gasteiger partial charge in [-0.1, -0.05) is 26.0 Å². The van der Waals surface area contributed by atoms with E-state index in [9.17, 15) is 8.42 Å². The van der Waals surface area contributed by atoms with E-state index >= 15 is 0 Å². The normalized spacial score (nSPS) is 23.4. The summed E-state index contributed by atoms with van der Waals surface area (Å²) in [5.41, 5.74) is 6.82. The van der Waals surface area contributed by atoms with Crippen LogP contribution in [0.2, 0.25) is 0 Å². The van der Waals surface area contributed by atoms with Crippen molar-refractivity contribution in [1.82, 2.24) is 4.72 Å². The summed E-state index contributed by atoms with van der Waals surface area (Å²) in [5, 5.41) is 0. The molecule has 1 saturated carbocycles. The maximum absolute atomic E-state index is 12.1. The minimum atomic E-state index is -3.39. The van der Waals surface area contributed by atoms with E-state index in [0.29, 0.717) is 10.8 Å². The molecular weight excluding hydrogens is 260 g/mol. The number of nitrogens with two attached hydrogens (primary N) is 1. The molecule has 1 aliphatic carbocycles. The first-order chi connectivity index (χ1) is 8.87. The number of benzene rings is 1. The highest BCUT2D eigenvalue weighted by Crippen LogP contribution is 2.21. The molecule has 5 heteroatoms.